The molecule has 0 saturated carbocycles. The number of Topliss-reactive ketones (excluding diaryl/α,β-unsaturated/α-hetero) is 1. The van der Waals surface area contributed by atoms with Crippen molar-refractivity contribution in [1.82, 2.24) is 4.57 Å². The molecule has 0 fully saturated rings. The fraction of sp³-hybridized carbons (Fsp3) is 0.429. The standard InChI is InChI=1S/C21H27NO4/c1-14-8-6-7-9-18(14)11-21(24)26-13-20(23)19-10-15(2)22(17(19)4)16(3)12-25-5/h6-10,16H,11-13H2,1-5H3. The van der Waals surface area contributed by atoms with E-state index in [1.807, 2.05) is 58.0 Å². The van der Waals surface area contributed by atoms with E-state index in [0.29, 0.717) is 12.2 Å². The van der Waals surface area contributed by atoms with Crippen LogP contribution in [-0.4, -0.2) is 36.6 Å². The molecule has 2 aromatic rings. The van der Waals surface area contributed by atoms with Gasteiger partial charge in [0.1, 0.15) is 0 Å². The summed E-state index contributed by atoms with van der Waals surface area (Å²) < 4.78 is 12.5. The van der Waals surface area contributed by atoms with Gasteiger partial charge in [0.25, 0.3) is 0 Å². The quantitative estimate of drug-likeness (QED) is 0.535. The van der Waals surface area contributed by atoms with Crippen molar-refractivity contribution in [2.45, 2.75) is 40.2 Å². The third kappa shape index (κ3) is 4.61. The predicted molar refractivity (Wildman–Crippen MR) is 101 cm³/mol. The number of carbonyl (C=O) groups is 2. The lowest BCUT2D eigenvalue weighted by Crippen LogP contribution is -2.18. The number of hydrogen-bond acceptors (Lipinski definition) is 4. The molecule has 0 aliphatic heterocycles. The summed E-state index contributed by atoms with van der Waals surface area (Å²) in [6.45, 7) is 8.18. The maximum absolute atomic E-state index is 12.5. The normalized spacial score (nSPS) is 12.0. The minimum atomic E-state index is -0.394. The van der Waals surface area contributed by atoms with Gasteiger partial charge in [-0.2, -0.15) is 0 Å². The van der Waals surface area contributed by atoms with E-state index in [9.17, 15) is 9.59 Å². The zero-order valence-corrected chi connectivity index (χ0v) is 16.2. The number of methoxy groups -OCH3 is 1. The summed E-state index contributed by atoms with van der Waals surface area (Å²) in [5, 5.41) is 0. The van der Waals surface area contributed by atoms with Gasteiger partial charge in [-0.15, -0.1) is 0 Å². The molecule has 26 heavy (non-hydrogen) atoms. The molecule has 0 bridgehead atoms. The first-order chi connectivity index (χ1) is 12.3. The Morgan fingerprint density at radius 1 is 1.15 bits per heavy atom. The SMILES string of the molecule is COCC(C)n1c(C)cc(C(=O)COC(=O)Cc2ccccc2C)c1C. The van der Waals surface area contributed by atoms with E-state index in [-0.39, 0.29) is 24.9 Å². The largest absolute Gasteiger partial charge is 0.457 e. The fourth-order valence-electron chi connectivity index (χ4n) is 3.29. The molecule has 0 amide bonds. The first-order valence-electron chi connectivity index (χ1n) is 8.75. The Balaban J connectivity index is 2.01. The van der Waals surface area contributed by atoms with Gasteiger partial charge < -0.3 is 14.0 Å². The summed E-state index contributed by atoms with van der Waals surface area (Å²) in [4.78, 5) is 24.6. The van der Waals surface area contributed by atoms with Crippen LogP contribution in [-0.2, 0) is 20.7 Å². The molecule has 0 radical (unpaired) electrons. The number of rotatable bonds is 8. The number of carbonyl (C=O) groups excluding carboxylic acids is 2. The number of ether oxygens (including phenoxy) is 2. The van der Waals surface area contributed by atoms with E-state index in [1.54, 1.807) is 7.11 Å². The fourth-order valence-corrected chi connectivity index (χ4v) is 3.29. The Morgan fingerprint density at radius 3 is 2.50 bits per heavy atom. The Kier molecular flexibility index (Phi) is 6.75. The van der Waals surface area contributed by atoms with E-state index in [0.717, 1.165) is 22.5 Å². The van der Waals surface area contributed by atoms with Crippen LogP contribution in [0.25, 0.3) is 0 Å². The highest BCUT2D eigenvalue weighted by atomic mass is 16.5. The van der Waals surface area contributed by atoms with E-state index < -0.39 is 5.97 Å². The van der Waals surface area contributed by atoms with Crippen LogP contribution in [0.4, 0.5) is 0 Å². The molecule has 0 N–H and O–H groups in total. The third-order valence-electron chi connectivity index (χ3n) is 4.59. The zero-order chi connectivity index (χ0) is 19.3. The van der Waals surface area contributed by atoms with E-state index in [1.165, 1.54) is 0 Å². The summed E-state index contributed by atoms with van der Waals surface area (Å²) in [5.41, 5.74) is 4.39. The van der Waals surface area contributed by atoms with Crippen LogP contribution in [0.5, 0.6) is 0 Å². The summed E-state index contributed by atoms with van der Waals surface area (Å²) in [6, 6.07) is 9.63. The number of nitrogens with zero attached hydrogens (tertiary/aromatic N) is 1. The van der Waals surface area contributed by atoms with Crippen LogP contribution >= 0.6 is 0 Å². The topological polar surface area (TPSA) is 57.5 Å². The Labute approximate surface area is 154 Å². The maximum Gasteiger partial charge on any atom is 0.310 e. The number of aromatic nitrogens is 1. The average molecular weight is 357 g/mol. The van der Waals surface area contributed by atoms with Gasteiger partial charge in [-0.3, -0.25) is 9.59 Å². The second kappa shape index (κ2) is 8.81. The molecule has 1 aromatic heterocycles. The van der Waals surface area contributed by atoms with Crippen LogP contribution in [0, 0.1) is 20.8 Å². The predicted octanol–water partition coefficient (Wildman–Crippen LogP) is 3.59. The Bertz CT molecular complexity index is 791. The molecule has 2 rings (SSSR count). The number of benzene rings is 1. The molecule has 0 aliphatic rings. The van der Waals surface area contributed by atoms with Gasteiger partial charge in [-0.1, -0.05) is 24.3 Å². The zero-order valence-electron chi connectivity index (χ0n) is 16.2. The van der Waals surface area contributed by atoms with Gasteiger partial charge in [-0.25, -0.2) is 0 Å². The van der Waals surface area contributed by atoms with Gasteiger partial charge in [0.05, 0.1) is 19.1 Å². The first-order valence-corrected chi connectivity index (χ1v) is 8.75. The van der Waals surface area contributed by atoms with Crippen molar-refractivity contribution in [3.63, 3.8) is 0 Å². The number of hydrogen-bond donors (Lipinski definition) is 0. The van der Waals surface area contributed by atoms with E-state index >= 15 is 0 Å². The first kappa shape index (κ1) is 19.9. The summed E-state index contributed by atoms with van der Waals surface area (Å²) in [5.74, 6) is -0.582. The van der Waals surface area contributed by atoms with E-state index in [4.69, 9.17) is 9.47 Å². The smallest absolute Gasteiger partial charge is 0.310 e. The summed E-state index contributed by atoms with van der Waals surface area (Å²) in [7, 11) is 1.66. The lowest BCUT2D eigenvalue weighted by atomic mass is 10.1. The molecule has 1 heterocycles. The van der Waals surface area contributed by atoms with Crippen molar-refractivity contribution < 1.29 is 19.1 Å². The van der Waals surface area contributed by atoms with Gasteiger partial charge in [0, 0.05) is 24.1 Å². The van der Waals surface area contributed by atoms with Crippen molar-refractivity contribution in [3.8, 4) is 0 Å². The molecule has 5 nitrogen and oxygen atoms in total. The highest BCUT2D eigenvalue weighted by molar-refractivity contribution is 5.99. The molecule has 0 saturated heterocycles. The minimum absolute atomic E-state index is 0.130. The second-order valence-corrected chi connectivity index (χ2v) is 6.65. The van der Waals surface area contributed by atoms with Gasteiger partial charge >= 0.3 is 5.97 Å². The van der Waals surface area contributed by atoms with Crippen LogP contribution in [0.1, 0.15) is 45.8 Å². The van der Waals surface area contributed by atoms with Crippen molar-refractivity contribution in [2.75, 3.05) is 20.3 Å². The van der Waals surface area contributed by atoms with Crippen LogP contribution in [0.15, 0.2) is 30.3 Å². The van der Waals surface area contributed by atoms with Crippen molar-refractivity contribution in [2.24, 2.45) is 0 Å². The Morgan fingerprint density at radius 2 is 1.85 bits per heavy atom. The molecule has 1 atom stereocenters. The van der Waals surface area contributed by atoms with Crippen molar-refractivity contribution in [1.29, 1.82) is 0 Å². The monoisotopic (exact) mass is 357 g/mol. The number of aryl methyl sites for hydroxylation is 2. The molecule has 1 unspecified atom stereocenters. The molecule has 1 aromatic carbocycles. The lowest BCUT2D eigenvalue weighted by molar-refractivity contribution is -0.141. The van der Waals surface area contributed by atoms with Crippen LogP contribution < -0.4 is 0 Å². The van der Waals surface area contributed by atoms with Crippen molar-refractivity contribution in [3.05, 3.63) is 58.4 Å². The second-order valence-electron chi connectivity index (χ2n) is 6.65. The summed E-state index contributed by atoms with van der Waals surface area (Å²) in [6.07, 6.45) is 0.170. The minimum Gasteiger partial charge on any atom is -0.457 e. The highest BCUT2D eigenvalue weighted by Crippen LogP contribution is 2.21. The number of ketones is 1. The average Bonchev–Trinajstić information content (AvgIpc) is 2.89. The summed E-state index contributed by atoms with van der Waals surface area (Å²) >= 11 is 0. The highest BCUT2D eigenvalue weighted by Gasteiger charge is 2.20. The lowest BCUT2D eigenvalue weighted by Gasteiger charge is -2.17. The molecule has 140 valence electrons. The molecule has 5 heteroatoms. The van der Waals surface area contributed by atoms with Gasteiger partial charge in [-0.05, 0) is 44.9 Å². The number of esters is 1. The molecule has 0 aliphatic carbocycles. The third-order valence-corrected chi connectivity index (χ3v) is 4.59. The Hall–Kier alpha value is -2.40. The van der Waals surface area contributed by atoms with Crippen LogP contribution in [0.3, 0.4) is 0 Å². The van der Waals surface area contributed by atoms with E-state index in [2.05, 4.69) is 4.57 Å². The maximum atomic E-state index is 12.5. The molecular formula is C21H27NO4. The molecular weight excluding hydrogens is 330 g/mol. The van der Waals surface area contributed by atoms with Gasteiger partial charge in [0.2, 0.25) is 5.78 Å². The molecule has 0 spiro atoms. The van der Waals surface area contributed by atoms with Gasteiger partial charge in [0.15, 0.2) is 6.61 Å². The van der Waals surface area contributed by atoms with Crippen LogP contribution in [0.2, 0.25) is 0 Å². The van der Waals surface area contributed by atoms with Crippen molar-refractivity contribution >= 4 is 11.8 Å².